The molecule has 0 spiro atoms. The van der Waals surface area contributed by atoms with Crippen molar-refractivity contribution in [2.45, 2.75) is 39.7 Å². The van der Waals surface area contributed by atoms with Crippen LogP contribution >= 0.6 is 0 Å². The van der Waals surface area contributed by atoms with Crippen molar-refractivity contribution in [3.05, 3.63) is 41.6 Å². The fourth-order valence-electron chi connectivity index (χ4n) is 2.91. The molecule has 0 aromatic carbocycles. The minimum absolute atomic E-state index is 0.158. The van der Waals surface area contributed by atoms with E-state index in [1.165, 1.54) is 4.52 Å². The van der Waals surface area contributed by atoms with Gasteiger partial charge in [0.1, 0.15) is 11.5 Å². The van der Waals surface area contributed by atoms with Gasteiger partial charge in [-0.25, -0.2) is 14.5 Å². The summed E-state index contributed by atoms with van der Waals surface area (Å²) in [6.45, 7) is 5.37. The Morgan fingerprint density at radius 3 is 3.04 bits per heavy atom. The van der Waals surface area contributed by atoms with Crippen LogP contribution in [0.4, 0.5) is 0 Å². The van der Waals surface area contributed by atoms with Gasteiger partial charge in [-0.2, -0.15) is 4.98 Å². The fraction of sp³-hybridized carbons (Fsp3) is 0.471. The summed E-state index contributed by atoms with van der Waals surface area (Å²) in [7, 11) is 0. The van der Waals surface area contributed by atoms with Crippen LogP contribution in [0.3, 0.4) is 0 Å². The Labute approximate surface area is 144 Å². The van der Waals surface area contributed by atoms with E-state index >= 15 is 0 Å². The highest BCUT2D eigenvalue weighted by atomic mass is 16.4. The second kappa shape index (κ2) is 6.27. The molecule has 0 N–H and O–H groups in total. The number of nitrogens with zero attached hydrogens (tertiary/aromatic N) is 6. The second-order valence-corrected chi connectivity index (χ2v) is 6.69. The van der Waals surface area contributed by atoms with Crippen LogP contribution in [-0.4, -0.2) is 41.9 Å². The normalized spacial score (nSPS) is 14.3. The third-order valence-corrected chi connectivity index (χ3v) is 4.30. The summed E-state index contributed by atoms with van der Waals surface area (Å²) in [4.78, 5) is 27.3. The van der Waals surface area contributed by atoms with Crippen molar-refractivity contribution < 1.29 is 9.21 Å². The maximum atomic E-state index is 12.7. The topological polar surface area (TPSA) is 89.4 Å². The maximum Gasteiger partial charge on any atom is 0.293 e. The van der Waals surface area contributed by atoms with E-state index in [0.29, 0.717) is 31.2 Å². The Morgan fingerprint density at radius 2 is 2.24 bits per heavy atom. The third kappa shape index (κ3) is 3.11. The van der Waals surface area contributed by atoms with Gasteiger partial charge in [-0.1, -0.05) is 13.8 Å². The largest absolute Gasteiger partial charge is 0.445 e. The fourth-order valence-corrected chi connectivity index (χ4v) is 2.91. The Bertz CT molecular complexity index is 880. The number of fused-ring (bicyclic) bond motifs is 2. The second-order valence-electron chi connectivity index (χ2n) is 6.69. The van der Waals surface area contributed by atoms with Crippen molar-refractivity contribution in [2.24, 2.45) is 5.92 Å². The first-order valence-corrected chi connectivity index (χ1v) is 8.54. The Balaban J connectivity index is 1.50. The molecule has 0 radical (unpaired) electrons. The van der Waals surface area contributed by atoms with Crippen molar-refractivity contribution >= 4 is 11.7 Å². The van der Waals surface area contributed by atoms with E-state index in [0.717, 1.165) is 30.2 Å². The predicted octanol–water partition coefficient (Wildman–Crippen LogP) is 1.90. The molecule has 0 saturated heterocycles. The smallest absolute Gasteiger partial charge is 0.293 e. The number of aromatic nitrogens is 5. The summed E-state index contributed by atoms with van der Waals surface area (Å²) < 4.78 is 7.35. The first-order chi connectivity index (χ1) is 12.1. The molecule has 4 heterocycles. The van der Waals surface area contributed by atoms with E-state index in [2.05, 4.69) is 33.9 Å². The third-order valence-electron chi connectivity index (χ3n) is 4.30. The molecule has 0 bridgehead atoms. The van der Waals surface area contributed by atoms with Crippen LogP contribution in [0.25, 0.3) is 5.78 Å². The van der Waals surface area contributed by atoms with E-state index in [4.69, 9.17) is 4.42 Å². The van der Waals surface area contributed by atoms with Crippen molar-refractivity contribution in [3.63, 3.8) is 0 Å². The standard InChI is InChI=1S/C17H20N6O2/c1-11(2)4-5-14-19-12-10-22(9-6-13(12)25-14)16(24)15-20-17-18-7-3-8-23(17)21-15/h3,7-8,11H,4-6,9-10H2,1-2H3. The lowest BCUT2D eigenvalue weighted by molar-refractivity contribution is 0.0715. The van der Waals surface area contributed by atoms with E-state index in [-0.39, 0.29) is 11.7 Å². The molecule has 8 heteroatoms. The van der Waals surface area contributed by atoms with Gasteiger partial charge in [0.05, 0.1) is 6.54 Å². The van der Waals surface area contributed by atoms with Gasteiger partial charge in [0.2, 0.25) is 5.82 Å². The number of carbonyl (C=O) groups is 1. The van der Waals surface area contributed by atoms with Gasteiger partial charge in [0.15, 0.2) is 5.89 Å². The van der Waals surface area contributed by atoms with Gasteiger partial charge in [0.25, 0.3) is 11.7 Å². The van der Waals surface area contributed by atoms with Crippen LogP contribution in [0, 0.1) is 5.92 Å². The lowest BCUT2D eigenvalue weighted by Crippen LogP contribution is -2.36. The van der Waals surface area contributed by atoms with Crippen molar-refractivity contribution in [3.8, 4) is 0 Å². The highest BCUT2D eigenvalue weighted by molar-refractivity contribution is 5.91. The van der Waals surface area contributed by atoms with Crippen LogP contribution in [0.1, 0.15) is 48.2 Å². The average Bonchev–Trinajstić information content (AvgIpc) is 3.22. The Morgan fingerprint density at radius 1 is 1.36 bits per heavy atom. The van der Waals surface area contributed by atoms with Gasteiger partial charge >= 0.3 is 0 Å². The van der Waals surface area contributed by atoms with Gasteiger partial charge in [-0.05, 0) is 18.4 Å². The number of amides is 1. The predicted molar refractivity (Wildman–Crippen MR) is 88.9 cm³/mol. The highest BCUT2D eigenvalue weighted by Crippen LogP contribution is 2.22. The lowest BCUT2D eigenvalue weighted by Gasteiger charge is -2.23. The number of carbonyl (C=O) groups excluding carboxylic acids is 1. The zero-order valence-corrected chi connectivity index (χ0v) is 14.3. The monoisotopic (exact) mass is 340 g/mol. The average molecular weight is 340 g/mol. The van der Waals surface area contributed by atoms with Gasteiger partial charge in [-0.15, -0.1) is 5.10 Å². The van der Waals surface area contributed by atoms with Gasteiger partial charge in [0, 0.05) is 31.8 Å². The first kappa shape index (κ1) is 15.7. The SMILES string of the molecule is CC(C)CCc1nc2c(o1)CCN(C(=O)c1nc3ncccn3n1)C2. The molecule has 130 valence electrons. The molecule has 0 unspecified atom stereocenters. The minimum Gasteiger partial charge on any atom is -0.445 e. The Hall–Kier alpha value is -2.77. The van der Waals surface area contributed by atoms with Crippen molar-refractivity contribution in [1.29, 1.82) is 0 Å². The summed E-state index contributed by atoms with van der Waals surface area (Å²) >= 11 is 0. The van der Waals surface area contributed by atoms with E-state index in [1.54, 1.807) is 23.4 Å². The zero-order chi connectivity index (χ0) is 17.4. The van der Waals surface area contributed by atoms with E-state index in [9.17, 15) is 4.79 Å². The molecule has 1 amide bonds. The summed E-state index contributed by atoms with van der Waals surface area (Å²) in [6.07, 6.45) is 5.89. The number of rotatable bonds is 4. The number of aryl methyl sites for hydroxylation is 1. The van der Waals surface area contributed by atoms with Gasteiger partial charge < -0.3 is 9.32 Å². The molecule has 3 aromatic heterocycles. The molecule has 1 aliphatic rings. The lowest BCUT2D eigenvalue weighted by atomic mass is 10.1. The number of hydrogen-bond acceptors (Lipinski definition) is 6. The van der Waals surface area contributed by atoms with Crippen LogP contribution in [0.2, 0.25) is 0 Å². The van der Waals surface area contributed by atoms with E-state index < -0.39 is 0 Å². The molecular formula is C17H20N6O2. The molecule has 1 aliphatic heterocycles. The zero-order valence-electron chi connectivity index (χ0n) is 14.3. The minimum atomic E-state index is -0.206. The van der Waals surface area contributed by atoms with Crippen LogP contribution in [0.5, 0.6) is 0 Å². The molecular weight excluding hydrogens is 320 g/mol. The summed E-state index contributed by atoms with van der Waals surface area (Å²) in [5.41, 5.74) is 0.847. The van der Waals surface area contributed by atoms with Crippen molar-refractivity contribution in [2.75, 3.05) is 6.54 Å². The first-order valence-electron chi connectivity index (χ1n) is 8.54. The molecule has 0 atom stereocenters. The summed E-state index contributed by atoms with van der Waals surface area (Å²) in [6, 6.07) is 1.75. The number of oxazole rings is 1. The van der Waals surface area contributed by atoms with Crippen LogP contribution in [-0.2, 0) is 19.4 Å². The number of hydrogen-bond donors (Lipinski definition) is 0. The Kier molecular flexibility index (Phi) is 3.95. The van der Waals surface area contributed by atoms with Crippen molar-refractivity contribution in [1.82, 2.24) is 29.5 Å². The molecule has 0 saturated carbocycles. The summed E-state index contributed by atoms with van der Waals surface area (Å²) in [5, 5.41) is 4.21. The molecule has 4 rings (SSSR count). The van der Waals surface area contributed by atoms with Crippen LogP contribution in [0.15, 0.2) is 22.9 Å². The molecule has 3 aromatic rings. The molecule has 8 nitrogen and oxygen atoms in total. The van der Waals surface area contributed by atoms with E-state index in [1.807, 2.05) is 0 Å². The molecule has 0 fully saturated rings. The summed E-state index contributed by atoms with van der Waals surface area (Å²) in [5.74, 6) is 2.64. The highest BCUT2D eigenvalue weighted by Gasteiger charge is 2.28. The molecule has 25 heavy (non-hydrogen) atoms. The quantitative estimate of drug-likeness (QED) is 0.720. The van der Waals surface area contributed by atoms with Gasteiger partial charge in [-0.3, -0.25) is 4.79 Å². The maximum absolute atomic E-state index is 12.7. The van der Waals surface area contributed by atoms with Crippen LogP contribution < -0.4 is 0 Å². The molecule has 0 aliphatic carbocycles.